The van der Waals surface area contributed by atoms with Gasteiger partial charge in [-0.2, -0.15) is 0 Å². The Labute approximate surface area is 166 Å². The van der Waals surface area contributed by atoms with Crippen molar-refractivity contribution in [3.63, 3.8) is 0 Å². The lowest BCUT2D eigenvalue weighted by Crippen LogP contribution is -2.52. The maximum absolute atomic E-state index is 12.6. The van der Waals surface area contributed by atoms with Crippen molar-refractivity contribution in [1.29, 1.82) is 0 Å². The van der Waals surface area contributed by atoms with Crippen molar-refractivity contribution in [1.82, 2.24) is 21.2 Å². The van der Waals surface area contributed by atoms with Crippen LogP contribution in [0.15, 0.2) is 54.7 Å². The van der Waals surface area contributed by atoms with E-state index in [4.69, 9.17) is 11.6 Å². The number of halogens is 1. The van der Waals surface area contributed by atoms with Gasteiger partial charge in [0.1, 0.15) is 6.04 Å². The van der Waals surface area contributed by atoms with Crippen LogP contribution in [-0.4, -0.2) is 28.7 Å². The third-order valence-electron chi connectivity index (χ3n) is 4.20. The van der Waals surface area contributed by atoms with Crippen LogP contribution in [0.5, 0.6) is 0 Å². The second-order valence-corrected chi connectivity index (χ2v) is 6.65. The molecule has 1 atom stereocenters. The topological polar surface area (TPSA) is 103 Å². The van der Waals surface area contributed by atoms with Crippen LogP contribution < -0.4 is 16.2 Å². The average Bonchev–Trinajstić information content (AvgIpc) is 3.09. The molecule has 0 unspecified atom stereocenters. The van der Waals surface area contributed by atoms with E-state index >= 15 is 0 Å². The van der Waals surface area contributed by atoms with Crippen molar-refractivity contribution in [2.24, 2.45) is 0 Å². The van der Waals surface area contributed by atoms with Crippen molar-refractivity contribution in [2.75, 3.05) is 0 Å². The molecule has 7 nitrogen and oxygen atoms in total. The molecule has 144 valence electrons. The Morgan fingerprint density at radius 3 is 2.50 bits per heavy atom. The molecule has 28 heavy (non-hydrogen) atoms. The number of hydrazine groups is 1. The van der Waals surface area contributed by atoms with Gasteiger partial charge in [-0.1, -0.05) is 41.9 Å². The first-order valence-electron chi connectivity index (χ1n) is 8.62. The number of fused-ring (bicyclic) bond motifs is 1. The van der Waals surface area contributed by atoms with Crippen LogP contribution >= 0.6 is 11.6 Å². The highest BCUT2D eigenvalue weighted by Gasteiger charge is 2.24. The molecule has 0 aliphatic heterocycles. The molecule has 8 heteroatoms. The zero-order valence-electron chi connectivity index (χ0n) is 15.1. The molecule has 0 saturated heterocycles. The smallest absolute Gasteiger partial charge is 0.261 e. The van der Waals surface area contributed by atoms with Crippen LogP contribution in [0.4, 0.5) is 0 Å². The molecule has 3 rings (SSSR count). The summed E-state index contributed by atoms with van der Waals surface area (Å²) in [5.41, 5.74) is 6.61. The fraction of sp³-hybridized carbons (Fsp3) is 0.150. The average molecular weight is 399 g/mol. The van der Waals surface area contributed by atoms with Crippen LogP contribution in [0.2, 0.25) is 5.02 Å². The Hall–Kier alpha value is -3.32. The van der Waals surface area contributed by atoms with E-state index in [1.807, 2.05) is 24.3 Å². The van der Waals surface area contributed by atoms with Gasteiger partial charge in [0.05, 0.1) is 10.6 Å². The minimum atomic E-state index is -0.921. The lowest BCUT2D eigenvalue weighted by molar-refractivity contribution is -0.129. The fourth-order valence-corrected chi connectivity index (χ4v) is 3.07. The van der Waals surface area contributed by atoms with E-state index in [0.29, 0.717) is 0 Å². The Morgan fingerprint density at radius 1 is 1.04 bits per heavy atom. The van der Waals surface area contributed by atoms with Crippen LogP contribution in [0, 0.1) is 0 Å². The Morgan fingerprint density at radius 2 is 1.75 bits per heavy atom. The number of carbonyl (C=O) groups is 3. The van der Waals surface area contributed by atoms with Crippen LogP contribution in [0.3, 0.4) is 0 Å². The Balaban J connectivity index is 1.84. The summed E-state index contributed by atoms with van der Waals surface area (Å²) < 4.78 is 0. The number of rotatable bonds is 5. The molecule has 1 aromatic heterocycles. The van der Waals surface area contributed by atoms with E-state index in [-0.39, 0.29) is 17.0 Å². The van der Waals surface area contributed by atoms with Gasteiger partial charge in [0.2, 0.25) is 5.91 Å². The summed E-state index contributed by atoms with van der Waals surface area (Å²) in [6, 6.07) is 13.3. The minimum Gasteiger partial charge on any atom is -0.361 e. The molecule has 0 fully saturated rings. The van der Waals surface area contributed by atoms with Crippen molar-refractivity contribution >= 4 is 40.2 Å². The lowest BCUT2D eigenvalue weighted by atomic mass is 10.0. The van der Waals surface area contributed by atoms with Crippen molar-refractivity contribution in [2.45, 2.75) is 19.4 Å². The third-order valence-corrected chi connectivity index (χ3v) is 4.53. The number of carbonyl (C=O) groups excluding carboxylic acids is 3. The Kier molecular flexibility index (Phi) is 5.96. The number of hydrogen-bond acceptors (Lipinski definition) is 3. The summed E-state index contributed by atoms with van der Waals surface area (Å²) in [7, 11) is 0. The van der Waals surface area contributed by atoms with Gasteiger partial charge < -0.3 is 10.3 Å². The highest BCUT2D eigenvalue weighted by Crippen LogP contribution is 2.20. The molecule has 1 heterocycles. The van der Waals surface area contributed by atoms with Crippen molar-refractivity contribution < 1.29 is 14.4 Å². The van der Waals surface area contributed by atoms with E-state index in [2.05, 4.69) is 21.2 Å². The van der Waals surface area contributed by atoms with Gasteiger partial charge in [0, 0.05) is 30.4 Å². The van der Waals surface area contributed by atoms with Crippen LogP contribution in [0.25, 0.3) is 10.9 Å². The molecule has 0 spiro atoms. The summed E-state index contributed by atoms with van der Waals surface area (Å²) >= 11 is 6.08. The first kappa shape index (κ1) is 19.4. The molecule has 2 aromatic carbocycles. The SMILES string of the molecule is CC(=O)NNC(=O)[C@H](Cc1c[nH]c2ccccc12)NC(=O)c1ccccc1Cl. The third kappa shape index (κ3) is 4.50. The molecular weight excluding hydrogens is 380 g/mol. The first-order chi connectivity index (χ1) is 13.5. The van der Waals surface area contributed by atoms with Gasteiger partial charge in [-0.3, -0.25) is 25.2 Å². The van der Waals surface area contributed by atoms with Gasteiger partial charge in [-0.25, -0.2) is 0 Å². The second-order valence-electron chi connectivity index (χ2n) is 6.24. The largest absolute Gasteiger partial charge is 0.361 e. The number of H-pyrrole nitrogens is 1. The predicted octanol–water partition coefficient (Wildman–Crippen LogP) is 2.33. The van der Waals surface area contributed by atoms with Gasteiger partial charge in [0.15, 0.2) is 0 Å². The maximum Gasteiger partial charge on any atom is 0.261 e. The highest BCUT2D eigenvalue weighted by atomic mass is 35.5. The molecule has 0 aliphatic carbocycles. The van der Waals surface area contributed by atoms with Crippen molar-refractivity contribution in [3.8, 4) is 0 Å². The standard InChI is InChI=1S/C20H19ClN4O3/c1-12(26)24-25-20(28)18(23-19(27)15-7-2-4-8-16(15)21)10-13-11-22-17-9-5-3-6-14(13)17/h2-9,11,18,22H,10H2,1H3,(H,23,27)(H,24,26)(H,25,28)/t18-/m0/s1. The quantitative estimate of drug-likeness (QED) is 0.496. The first-order valence-corrected chi connectivity index (χ1v) is 9.00. The van der Waals surface area contributed by atoms with Crippen LogP contribution in [-0.2, 0) is 16.0 Å². The molecule has 4 N–H and O–H groups in total. The summed E-state index contributed by atoms with van der Waals surface area (Å²) in [5, 5.41) is 3.94. The molecule has 3 amide bonds. The molecule has 0 bridgehead atoms. The van der Waals surface area contributed by atoms with Crippen LogP contribution in [0.1, 0.15) is 22.8 Å². The number of aromatic nitrogens is 1. The number of hydrogen-bond donors (Lipinski definition) is 4. The molecule has 0 aliphatic rings. The minimum absolute atomic E-state index is 0.228. The maximum atomic E-state index is 12.6. The monoisotopic (exact) mass is 398 g/mol. The van der Waals surface area contributed by atoms with E-state index in [1.165, 1.54) is 6.92 Å². The van der Waals surface area contributed by atoms with Gasteiger partial charge in [-0.15, -0.1) is 0 Å². The zero-order chi connectivity index (χ0) is 20.1. The Bertz CT molecular complexity index is 1030. The van der Waals surface area contributed by atoms with E-state index in [0.717, 1.165) is 16.5 Å². The second kappa shape index (κ2) is 8.58. The van der Waals surface area contributed by atoms with Crippen molar-refractivity contribution in [3.05, 3.63) is 70.9 Å². The number of amides is 3. The molecular formula is C20H19ClN4O3. The summed E-state index contributed by atoms with van der Waals surface area (Å²) in [4.78, 5) is 39.5. The number of aromatic amines is 1. The lowest BCUT2D eigenvalue weighted by Gasteiger charge is -2.19. The van der Waals surface area contributed by atoms with E-state index < -0.39 is 23.8 Å². The highest BCUT2D eigenvalue weighted by molar-refractivity contribution is 6.33. The number of para-hydroxylation sites is 1. The molecule has 3 aromatic rings. The number of nitrogens with one attached hydrogen (secondary N) is 4. The summed E-state index contributed by atoms with van der Waals surface area (Å²) in [6.07, 6.45) is 2.02. The van der Waals surface area contributed by atoms with Gasteiger partial charge in [0.25, 0.3) is 11.8 Å². The van der Waals surface area contributed by atoms with E-state index in [9.17, 15) is 14.4 Å². The molecule has 0 radical (unpaired) electrons. The predicted molar refractivity (Wildman–Crippen MR) is 107 cm³/mol. The zero-order valence-corrected chi connectivity index (χ0v) is 15.8. The summed E-state index contributed by atoms with van der Waals surface area (Å²) in [5.74, 6) is -1.44. The summed E-state index contributed by atoms with van der Waals surface area (Å²) in [6.45, 7) is 1.28. The fourth-order valence-electron chi connectivity index (χ4n) is 2.85. The van der Waals surface area contributed by atoms with Gasteiger partial charge in [-0.05, 0) is 23.8 Å². The van der Waals surface area contributed by atoms with Gasteiger partial charge >= 0.3 is 0 Å². The number of benzene rings is 2. The normalized spacial score (nSPS) is 11.6. The van der Waals surface area contributed by atoms with E-state index in [1.54, 1.807) is 30.5 Å². The molecule has 0 saturated carbocycles.